The molecule has 27 heavy (non-hydrogen) atoms. The van der Waals surface area contributed by atoms with Crippen LogP contribution in [0, 0.1) is 5.82 Å². The number of hydrogen-bond donors (Lipinski definition) is 1. The summed E-state index contributed by atoms with van der Waals surface area (Å²) in [5, 5.41) is 0. The van der Waals surface area contributed by atoms with Crippen LogP contribution in [0.1, 0.15) is 36.0 Å². The Morgan fingerprint density at radius 1 is 1.00 bits per heavy atom. The Kier molecular flexibility index (Phi) is 5.67. The zero-order valence-corrected chi connectivity index (χ0v) is 14.9. The van der Waals surface area contributed by atoms with Crippen molar-refractivity contribution in [3.8, 4) is 5.75 Å². The van der Waals surface area contributed by atoms with Gasteiger partial charge in [-0.25, -0.2) is 8.60 Å². The zero-order chi connectivity index (χ0) is 19.6. The first-order valence-electron chi connectivity index (χ1n) is 8.17. The number of halogens is 4. The van der Waals surface area contributed by atoms with Gasteiger partial charge >= 0.3 is 6.36 Å². The van der Waals surface area contributed by atoms with E-state index >= 15 is 0 Å². The smallest absolute Gasteiger partial charge is 0.406 e. The minimum atomic E-state index is -4.74. The molecule has 0 bridgehead atoms. The molecular formula is C19H16F4O3S. The van der Waals surface area contributed by atoms with Gasteiger partial charge in [-0.05, 0) is 59.7 Å². The van der Waals surface area contributed by atoms with Crippen LogP contribution in [0.25, 0.3) is 11.1 Å². The van der Waals surface area contributed by atoms with Gasteiger partial charge < -0.3 is 9.29 Å². The summed E-state index contributed by atoms with van der Waals surface area (Å²) in [6, 6.07) is 10.2. The number of rotatable bonds is 5. The molecule has 3 rings (SSSR count). The van der Waals surface area contributed by atoms with Gasteiger partial charge in [0.1, 0.15) is 11.6 Å². The number of alkyl halides is 3. The van der Waals surface area contributed by atoms with Crippen molar-refractivity contribution in [2.75, 3.05) is 0 Å². The van der Waals surface area contributed by atoms with Crippen LogP contribution >= 0.6 is 0 Å². The average Bonchev–Trinajstić information content (AvgIpc) is 3.05. The molecule has 0 saturated heterocycles. The quantitative estimate of drug-likeness (QED) is 0.529. The SMILES string of the molecule is O=S(O)Cc1ccc(C2=C(c3ccc(OC(F)(F)F)cc3)CCC2)cc1F. The standard InChI is InChI=1S/C19H16F4O3S/c20-18-10-13(4-5-14(18)11-27(24)25)17-3-1-2-16(17)12-6-8-15(9-7-12)26-19(21,22)23/h4-10H,1-3,11H2,(H,24,25). The normalized spacial score (nSPS) is 15.9. The van der Waals surface area contributed by atoms with E-state index in [0.29, 0.717) is 5.56 Å². The lowest BCUT2D eigenvalue weighted by Crippen LogP contribution is -2.16. The maximum absolute atomic E-state index is 14.2. The van der Waals surface area contributed by atoms with Gasteiger partial charge in [0.15, 0.2) is 11.1 Å². The maximum atomic E-state index is 14.2. The van der Waals surface area contributed by atoms with E-state index in [2.05, 4.69) is 4.74 Å². The number of ether oxygens (including phenoxy) is 1. The second-order valence-electron chi connectivity index (χ2n) is 6.15. The first-order valence-corrected chi connectivity index (χ1v) is 9.45. The van der Waals surface area contributed by atoms with Gasteiger partial charge in [0.2, 0.25) is 0 Å². The lowest BCUT2D eigenvalue weighted by molar-refractivity contribution is -0.274. The van der Waals surface area contributed by atoms with E-state index in [0.717, 1.165) is 36.0 Å². The summed E-state index contributed by atoms with van der Waals surface area (Å²) in [5.41, 5.74) is 3.47. The van der Waals surface area contributed by atoms with E-state index in [1.54, 1.807) is 18.2 Å². The van der Waals surface area contributed by atoms with Crippen LogP contribution < -0.4 is 4.74 Å². The summed E-state index contributed by atoms with van der Waals surface area (Å²) in [6.07, 6.45) is -2.42. The van der Waals surface area contributed by atoms with Gasteiger partial charge in [-0.15, -0.1) is 13.2 Å². The van der Waals surface area contributed by atoms with Crippen molar-refractivity contribution in [1.82, 2.24) is 0 Å². The van der Waals surface area contributed by atoms with Crippen LogP contribution in [0.15, 0.2) is 42.5 Å². The third-order valence-corrected chi connectivity index (χ3v) is 4.89. The first kappa shape index (κ1) is 19.6. The molecule has 0 amide bonds. The summed E-state index contributed by atoms with van der Waals surface area (Å²) in [7, 11) is 0. The highest BCUT2D eigenvalue weighted by atomic mass is 32.2. The third kappa shape index (κ3) is 4.95. The monoisotopic (exact) mass is 400 g/mol. The minimum Gasteiger partial charge on any atom is -0.406 e. The third-order valence-electron chi connectivity index (χ3n) is 4.33. The molecule has 1 atom stereocenters. The largest absolute Gasteiger partial charge is 0.573 e. The van der Waals surface area contributed by atoms with E-state index in [1.165, 1.54) is 24.3 Å². The van der Waals surface area contributed by atoms with Crippen LogP contribution in [0.2, 0.25) is 0 Å². The van der Waals surface area contributed by atoms with E-state index in [-0.39, 0.29) is 17.1 Å². The summed E-state index contributed by atoms with van der Waals surface area (Å²) < 4.78 is 74.7. The van der Waals surface area contributed by atoms with Crippen molar-refractivity contribution >= 4 is 22.2 Å². The molecule has 2 aromatic carbocycles. The van der Waals surface area contributed by atoms with Crippen LogP contribution in [0.3, 0.4) is 0 Å². The fraction of sp³-hybridized carbons (Fsp3) is 0.263. The van der Waals surface area contributed by atoms with Gasteiger partial charge in [0, 0.05) is 5.56 Å². The van der Waals surface area contributed by atoms with Crippen molar-refractivity contribution in [3.63, 3.8) is 0 Å². The summed E-state index contributed by atoms with van der Waals surface area (Å²) in [6.45, 7) is 0. The molecule has 1 aliphatic rings. The fourth-order valence-corrected chi connectivity index (χ4v) is 3.72. The zero-order valence-electron chi connectivity index (χ0n) is 14.1. The molecule has 0 spiro atoms. The molecule has 2 aromatic rings. The lowest BCUT2D eigenvalue weighted by atomic mass is 9.96. The molecule has 0 saturated carbocycles. The number of benzene rings is 2. The van der Waals surface area contributed by atoms with E-state index < -0.39 is 23.3 Å². The van der Waals surface area contributed by atoms with Gasteiger partial charge in [-0.2, -0.15) is 0 Å². The van der Waals surface area contributed by atoms with Gasteiger partial charge in [0.05, 0.1) is 5.75 Å². The molecule has 8 heteroatoms. The van der Waals surface area contributed by atoms with Crippen molar-refractivity contribution < 1.29 is 31.1 Å². The van der Waals surface area contributed by atoms with Gasteiger partial charge in [0.25, 0.3) is 0 Å². The highest BCUT2D eigenvalue weighted by Gasteiger charge is 2.31. The highest BCUT2D eigenvalue weighted by molar-refractivity contribution is 7.78. The van der Waals surface area contributed by atoms with Gasteiger partial charge in [-0.3, -0.25) is 0 Å². The lowest BCUT2D eigenvalue weighted by Gasteiger charge is -2.12. The molecule has 0 radical (unpaired) electrons. The molecule has 1 aliphatic carbocycles. The Bertz CT molecular complexity index is 889. The summed E-state index contributed by atoms with van der Waals surface area (Å²) in [5.74, 6) is -1.13. The molecular weight excluding hydrogens is 384 g/mol. The highest BCUT2D eigenvalue weighted by Crippen LogP contribution is 2.40. The van der Waals surface area contributed by atoms with Crippen LogP contribution in [0.5, 0.6) is 5.75 Å². The average molecular weight is 400 g/mol. The Morgan fingerprint density at radius 3 is 2.15 bits per heavy atom. The second-order valence-corrected chi connectivity index (χ2v) is 7.09. The van der Waals surface area contributed by atoms with Crippen molar-refractivity contribution in [2.24, 2.45) is 0 Å². The molecule has 0 aliphatic heterocycles. The number of hydrogen-bond acceptors (Lipinski definition) is 2. The van der Waals surface area contributed by atoms with Crippen molar-refractivity contribution in [1.29, 1.82) is 0 Å². The van der Waals surface area contributed by atoms with E-state index in [9.17, 15) is 21.8 Å². The summed E-state index contributed by atoms with van der Waals surface area (Å²) in [4.78, 5) is 0. The van der Waals surface area contributed by atoms with Gasteiger partial charge in [-0.1, -0.05) is 24.3 Å². The molecule has 144 valence electrons. The fourth-order valence-electron chi connectivity index (χ4n) is 3.22. The van der Waals surface area contributed by atoms with Crippen molar-refractivity contribution in [2.45, 2.75) is 31.4 Å². The van der Waals surface area contributed by atoms with Crippen LogP contribution in [-0.2, 0) is 16.8 Å². The topological polar surface area (TPSA) is 46.5 Å². The predicted octanol–water partition coefficient (Wildman–Crippen LogP) is 5.54. The van der Waals surface area contributed by atoms with E-state index in [1.807, 2.05) is 0 Å². The van der Waals surface area contributed by atoms with Crippen molar-refractivity contribution in [3.05, 3.63) is 65.0 Å². The Morgan fingerprint density at radius 2 is 1.59 bits per heavy atom. The van der Waals surface area contributed by atoms with Crippen LogP contribution in [-0.4, -0.2) is 15.1 Å². The predicted molar refractivity (Wildman–Crippen MR) is 94.7 cm³/mol. The Hall–Kier alpha value is -2.19. The second kappa shape index (κ2) is 7.82. The molecule has 3 nitrogen and oxygen atoms in total. The number of allylic oxidation sites excluding steroid dienone is 2. The molecule has 0 fully saturated rings. The summed E-state index contributed by atoms with van der Waals surface area (Å²) >= 11 is -2.13. The molecule has 0 heterocycles. The molecule has 1 N–H and O–H groups in total. The first-order chi connectivity index (χ1) is 12.7. The Balaban J connectivity index is 1.89. The molecule has 0 aromatic heterocycles. The Labute approximate surface area is 156 Å². The van der Waals surface area contributed by atoms with Crippen LogP contribution in [0.4, 0.5) is 17.6 Å². The maximum Gasteiger partial charge on any atom is 0.573 e. The minimum absolute atomic E-state index is 0.161. The molecule has 1 unspecified atom stereocenters. The van der Waals surface area contributed by atoms with E-state index in [4.69, 9.17) is 4.55 Å².